The van der Waals surface area contributed by atoms with Crippen molar-refractivity contribution in [1.29, 1.82) is 0 Å². The van der Waals surface area contributed by atoms with Crippen molar-refractivity contribution in [1.82, 2.24) is 5.32 Å². The summed E-state index contributed by atoms with van der Waals surface area (Å²) in [5.41, 5.74) is 0.695. The van der Waals surface area contributed by atoms with Crippen molar-refractivity contribution in [2.45, 2.75) is 45.8 Å². The predicted octanol–water partition coefficient (Wildman–Crippen LogP) is 3.45. The predicted molar refractivity (Wildman–Crippen MR) is 86.0 cm³/mol. The molecule has 1 fully saturated rings. The van der Waals surface area contributed by atoms with Crippen LogP contribution in [0.4, 0.5) is 5.69 Å². The van der Waals surface area contributed by atoms with Gasteiger partial charge in [-0.1, -0.05) is 18.5 Å². The molecule has 5 heteroatoms. The van der Waals surface area contributed by atoms with Gasteiger partial charge in [-0.2, -0.15) is 0 Å². The lowest BCUT2D eigenvalue weighted by Gasteiger charge is -2.29. The maximum Gasteiger partial charge on any atom is 0.241 e. The van der Waals surface area contributed by atoms with Crippen LogP contribution in [-0.2, 0) is 4.79 Å². The Morgan fingerprint density at radius 3 is 2.86 bits per heavy atom. The molecule has 1 aliphatic rings. The highest BCUT2D eigenvalue weighted by Crippen LogP contribution is 2.29. The summed E-state index contributed by atoms with van der Waals surface area (Å²) in [5.74, 6) is 0.974. The first-order chi connectivity index (χ1) is 9.97. The van der Waals surface area contributed by atoms with Gasteiger partial charge in [0.15, 0.2) is 0 Å². The highest BCUT2D eigenvalue weighted by atomic mass is 35.5. The summed E-state index contributed by atoms with van der Waals surface area (Å²) in [7, 11) is 0. The molecule has 1 aromatic rings. The fraction of sp³-hybridized carbons (Fsp3) is 0.562. The van der Waals surface area contributed by atoms with E-state index in [9.17, 15) is 4.79 Å². The zero-order valence-electron chi connectivity index (χ0n) is 12.8. The van der Waals surface area contributed by atoms with Gasteiger partial charge in [-0.15, -0.1) is 0 Å². The number of ether oxygens (including phenoxy) is 1. The molecule has 1 heterocycles. The molecule has 2 atom stereocenters. The van der Waals surface area contributed by atoms with Crippen LogP contribution >= 0.6 is 11.6 Å². The fourth-order valence-corrected chi connectivity index (χ4v) is 2.77. The minimum atomic E-state index is -0.135. The highest BCUT2D eigenvalue weighted by Gasteiger charge is 2.27. The monoisotopic (exact) mass is 310 g/mol. The Labute approximate surface area is 131 Å². The second-order valence-corrected chi connectivity index (χ2v) is 6.26. The summed E-state index contributed by atoms with van der Waals surface area (Å²) in [5, 5.41) is 6.70. The maximum atomic E-state index is 12.3. The number of anilines is 1. The van der Waals surface area contributed by atoms with Gasteiger partial charge in [0.25, 0.3) is 0 Å². The van der Waals surface area contributed by atoms with Crippen LogP contribution in [0.1, 0.15) is 33.6 Å². The number of nitrogens with one attached hydrogen (secondary N) is 2. The molecule has 1 aliphatic heterocycles. The van der Waals surface area contributed by atoms with Gasteiger partial charge in [-0.3, -0.25) is 4.79 Å². The topological polar surface area (TPSA) is 50.4 Å². The van der Waals surface area contributed by atoms with Crippen LogP contribution in [0.5, 0.6) is 5.75 Å². The molecule has 2 unspecified atom stereocenters. The number of halogens is 1. The van der Waals surface area contributed by atoms with E-state index in [2.05, 4.69) is 17.6 Å². The van der Waals surface area contributed by atoms with Crippen LogP contribution < -0.4 is 15.4 Å². The molecule has 0 radical (unpaired) electrons. The molecule has 21 heavy (non-hydrogen) atoms. The Balaban J connectivity index is 2.02. The third kappa shape index (κ3) is 4.35. The van der Waals surface area contributed by atoms with E-state index >= 15 is 0 Å². The zero-order chi connectivity index (χ0) is 15.4. The summed E-state index contributed by atoms with van der Waals surface area (Å²) in [4.78, 5) is 12.3. The van der Waals surface area contributed by atoms with E-state index in [0.29, 0.717) is 22.4 Å². The molecular formula is C16H23ClN2O2. The third-order valence-electron chi connectivity index (χ3n) is 3.61. The van der Waals surface area contributed by atoms with Crippen LogP contribution in [0.2, 0.25) is 5.02 Å². The average molecular weight is 311 g/mol. The van der Waals surface area contributed by atoms with Crippen molar-refractivity contribution in [3.63, 3.8) is 0 Å². The lowest BCUT2D eigenvalue weighted by molar-refractivity contribution is -0.119. The molecule has 1 aromatic carbocycles. The van der Waals surface area contributed by atoms with Gasteiger partial charge in [-0.25, -0.2) is 0 Å². The van der Waals surface area contributed by atoms with Crippen molar-refractivity contribution in [3.05, 3.63) is 23.2 Å². The molecular weight excluding hydrogens is 288 g/mol. The quantitative estimate of drug-likeness (QED) is 0.895. The minimum absolute atomic E-state index is 0.00389. The third-order valence-corrected chi connectivity index (χ3v) is 3.91. The van der Waals surface area contributed by atoms with Crippen molar-refractivity contribution in [3.8, 4) is 5.75 Å². The van der Waals surface area contributed by atoms with E-state index in [1.807, 2.05) is 19.9 Å². The van der Waals surface area contributed by atoms with Gasteiger partial charge in [-0.05, 0) is 57.4 Å². The smallest absolute Gasteiger partial charge is 0.241 e. The summed E-state index contributed by atoms with van der Waals surface area (Å²) in [6, 6.07) is 5.19. The molecule has 0 spiro atoms. The number of amides is 1. The number of hydrogen-bond donors (Lipinski definition) is 2. The van der Waals surface area contributed by atoms with Gasteiger partial charge >= 0.3 is 0 Å². The maximum absolute atomic E-state index is 12.3. The van der Waals surface area contributed by atoms with E-state index in [1.54, 1.807) is 12.1 Å². The van der Waals surface area contributed by atoms with Gasteiger partial charge in [0.1, 0.15) is 5.75 Å². The van der Waals surface area contributed by atoms with Gasteiger partial charge in [0, 0.05) is 5.69 Å². The number of piperidine rings is 1. The molecule has 2 N–H and O–H groups in total. The largest absolute Gasteiger partial charge is 0.489 e. The van der Waals surface area contributed by atoms with Crippen molar-refractivity contribution >= 4 is 23.2 Å². The standard InChI is InChI=1S/C16H23ClN2O2/c1-10(2)21-14-7-6-12(9-13(14)17)19-16(20)15-11(3)5-4-8-18-15/h6-7,9-11,15,18H,4-5,8H2,1-3H3,(H,19,20). The lowest BCUT2D eigenvalue weighted by atomic mass is 9.92. The van der Waals surface area contributed by atoms with Crippen molar-refractivity contribution < 1.29 is 9.53 Å². The Bertz CT molecular complexity index is 505. The Morgan fingerprint density at radius 1 is 1.48 bits per heavy atom. The summed E-state index contributed by atoms with van der Waals surface area (Å²) >= 11 is 6.18. The first kappa shape index (κ1) is 16.1. The van der Waals surface area contributed by atoms with E-state index < -0.39 is 0 Å². The number of carbonyl (C=O) groups is 1. The number of hydrogen-bond acceptors (Lipinski definition) is 3. The van der Waals surface area contributed by atoms with Crippen molar-refractivity contribution in [2.24, 2.45) is 5.92 Å². The van der Waals surface area contributed by atoms with Crippen LogP contribution in [0.3, 0.4) is 0 Å². The molecule has 0 aliphatic carbocycles. The SMILES string of the molecule is CC(C)Oc1ccc(NC(=O)C2NCCCC2C)cc1Cl. The zero-order valence-corrected chi connectivity index (χ0v) is 13.5. The average Bonchev–Trinajstić information content (AvgIpc) is 2.42. The molecule has 0 aromatic heterocycles. The number of carbonyl (C=O) groups excluding carboxylic acids is 1. The van der Waals surface area contributed by atoms with Crippen LogP contribution in [0.15, 0.2) is 18.2 Å². The van der Waals surface area contributed by atoms with Gasteiger partial charge in [0.2, 0.25) is 5.91 Å². The minimum Gasteiger partial charge on any atom is -0.489 e. The van der Waals surface area contributed by atoms with Gasteiger partial charge < -0.3 is 15.4 Å². The second-order valence-electron chi connectivity index (χ2n) is 5.85. The van der Waals surface area contributed by atoms with Crippen LogP contribution in [-0.4, -0.2) is 24.6 Å². The molecule has 1 saturated heterocycles. The normalized spacial score (nSPS) is 22.1. The lowest BCUT2D eigenvalue weighted by Crippen LogP contribution is -2.48. The highest BCUT2D eigenvalue weighted by molar-refractivity contribution is 6.32. The Hall–Kier alpha value is -1.26. The summed E-state index contributed by atoms with van der Waals surface area (Å²) in [6.07, 6.45) is 2.26. The van der Waals surface area contributed by atoms with Gasteiger partial charge in [0.05, 0.1) is 17.2 Å². The van der Waals surface area contributed by atoms with E-state index in [0.717, 1.165) is 19.4 Å². The van der Waals surface area contributed by atoms with E-state index in [-0.39, 0.29) is 18.1 Å². The molecule has 116 valence electrons. The summed E-state index contributed by atoms with van der Waals surface area (Å²) in [6.45, 7) is 6.89. The molecule has 4 nitrogen and oxygen atoms in total. The Kier molecular flexibility index (Phi) is 5.48. The first-order valence-corrected chi connectivity index (χ1v) is 7.85. The second kappa shape index (κ2) is 7.14. The first-order valence-electron chi connectivity index (χ1n) is 7.48. The molecule has 0 saturated carbocycles. The molecule has 1 amide bonds. The van der Waals surface area contributed by atoms with Crippen molar-refractivity contribution in [2.75, 3.05) is 11.9 Å². The Morgan fingerprint density at radius 2 is 2.24 bits per heavy atom. The molecule has 2 rings (SSSR count). The number of rotatable bonds is 4. The van der Waals surface area contributed by atoms with Crippen LogP contribution in [0.25, 0.3) is 0 Å². The fourth-order valence-electron chi connectivity index (χ4n) is 2.55. The van der Waals surface area contributed by atoms with E-state index in [1.165, 1.54) is 0 Å². The summed E-state index contributed by atoms with van der Waals surface area (Å²) < 4.78 is 5.58. The van der Waals surface area contributed by atoms with E-state index in [4.69, 9.17) is 16.3 Å². The number of benzene rings is 1. The molecule has 0 bridgehead atoms. The van der Waals surface area contributed by atoms with Crippen LogP contribution in [0, 0.1) is 5.92 Å².